The third-order valence-corrected chi connectivity index (χ3v) is 2.67. The van der Waals surface area contributed by atoms with E-state index in [9.17, 15) is 4.39 Å². The predicted octanol–water partition coefficient (Wildman–Crippen LogP) is 3.40. The molecule has 0 fully saturated rings. The first-order chi connectivity index (χ1) is 8.70. The summed E-state index contributed by atoms with van der Waals surface area (Å²) in [5.74, 6) is -0.137. The molecule has 0 bridgehead atoms. The van der Waals surface area contributed by atoms with Crippen molar-refractivity contribution >= 4 is 5.69 Å². The van der Waals surface area contributed by atoms with Crippen LogP contribution in [0, 0.1) is 5.82 Å². The van der Waals surface area contributed by atoms with Gasteiger partial charge in [0, 0.05) is 18.0 Å². The lowest BCUT2D eigenvalue weighted by Crippen LogP contribution is -2.08. The van der Waals surface area contributed by atoms with Crippen LogP contribution in [0.3, 0.4) is 0 Å². The van der Waals surface area contributed by atoms with E-state index in [0.717, 1.165) is 11.4 Å². The number of nitrogens with zero attached hydrogens (tertiary/aromatic N) is 1. The lowest BCUT2D eigenvalue weighted by molar-refractivity contribution is 0.387. The van der Waals surface area contributed by atoms with E-state index >= 15 is 0 Å². The van der Waals surface area contributed by atoms with E-state index in [-0.39, 0.29) is 17.6 Å². The maximum Gasteiger partial charge on any atom is 0.165 e. The zero-order chi connectivity index (χ0) is 13.0. The number of rotatable bonds is 4. The minimum absolute atomic E-state index is 0.0429. The molecule has 0 saturated heterocycles. The van der Waals surface area contributed by atoms with Gasteiger partial charge < -0.3 is 10.1 Å². The Labute approximate surface area is 106 Å². The van der Waals surface area contributed by atoms with Crippen molar-refractivity contribution in [1.29, 1.82) is 0 Å². The number of hydrogen-bond acceptors (Lipinski definition) is 3. The standard InChI is InChI=1S/C14H15FN2O/c1-10(13-5-3-4-8-16-13)17-11-6-7-12(15)14(9-11)18-2/h3-10,17H,1-2H3. The zero-order valence-electron chi connectivity index (χ0n) is 10.4. The Morgan fingerprint density at radius 3 is 2.78 bits per heavy atom. The first-order valence-electron chi connectivity index (χ1n) is 5.71. The van der Waals surface area contributed by atoms with E-state index < -0.39 is 0 Å². The van der Waals surface area contributed by atoms with Gasteiger partial charge in [-0.15, -0.1) is 0 Å². The molecule has 1 aromatic carbocycles. The van der Waals surface area contributed by atoms with Crippen LogP contribution in [0.15, 0.2) is 42.6 Å². The fourth-order valence-electron chi connectivity index (χ4n) is 1.71. The highest BCUT2D eigenvalue weighted by atomic mass is 19.1. The second-order valence-corrected chi connectivity index (χ2v) is 3.97. The van der Waals surface area contributed by atoms with Gasteiger partial charge in [-0.2, -0.15) is 0 Å². The van der Waals surface area contributed by atoms with Crippen molar-refractivity contribution in [2.24, 2.45) is 0 Å². The number of halogens is 1. The molecule has 3 nitrogen and oxygen atoms in total. The van der Waals surface area contributed by atoms with Crippen molar-refractivity contribution in [2.75, 3.05) is 12.4 Å². The summed E-state index contributed by atoms with van der Waals surface area (Å²) in [5.41, 5.74) is 1.73. The summed E-state index contributed by atoms with van der Waals surface area (Å²) in [6.07, 6.45) is 1.75. The van der Waals surface area contributed by atoms with Crippen LogP contribution in [0.5, 0.6) is 5.75 Å². The lowest BCUT2D eigenvalue weighted by Gasteiger charge is -2.15. The summed E-state index contributed by atoms with van der Waals surface area (Å²) in [6, 6.07) is 10.5. The van der Waals surface area contributed by atoms with Crippen LogP contribution in [-0.2, 0) is 0 Å². The third-order valence-electron chi connectivity index (χ3n) is 2.67. The third kappa shape index (κ3) is 2.77. The highest BCUT2D eigenvalue weighted by Crippen LogP contribution is 2.24. The molecule has 0 aliphatic rings. The van der Waals surface area contributed by atoms with Crippen LogP contribution in [0.1, 0.15) is 18.7 Å². The molecule has 0 amide bonds. The molecule has 4 heteroatoms. The van der Waals surface area contributed by atoms with Crippen LogP contribution in [0.25, 0.3) is 0 Å². The van der Waals surface area contributed by atoms with Gasteiger partial charge in [0.05, 0.1) is 18.8 Å². The smallest absolute Gasteiger partial charge is 0.165 e. The molecule has 18 heavy (non-hydrogen) atoms. The Morgan fingerprint density at radius 1 is 1.28 bits per heavy atom. The van der Waals surface area contributed by atoms with Crippen molar-refractivity contribution in [3.05, 3.63) is 54.1 Å². The second kappa shape index (κ2) is 5.49. The van der Waals surface area contributed by atoms with E-state index in [1.807, 2.05) is 25.1 Å². The monoisotopic (exact) mass is 246 g/mol. The van der Waals surface area contributed by atoms with Gasteiger partial charge in [-0.25, -0.2) is 4.39 Å². The fourth-order valence-corrected chi connectivity index (χ4v) is 1.71. The van der Waals surface area contributed by atoms with Gasteiger partial charge in [0.2, 0.25) is 0 Å². The summed E-state index contributed by atoms with van der Waals surface area (Å²) in [7, 11) is 1.45. The number of benzene rings is 1. The molecule has 1 N–H and O–H groups in total. The molecule has 0 saturated carbocycles. The predicted molar refractivity (Wildman–Crippen MR) is 69.2 cm³/mol. The van der Waals surface area contributed by atoms with Crippen LogP contribution in [-0.4, -0.2) is 12.1 Å². The topological polar surface area (TPSA) is 34.1 Å². The average Bonchev–Trinajstić information content (AvgIpc) is 2.42. The molecule has 1 heterocycles. The molecule has 0 spiro atoms. The fraction of sp³-hybridized carbons (Fsp3) is 0.214. The number of ether oxygens (including phenoxy) is 1. The first-order valence-corrected chi connectivity index (χ1v) is 5.71. The van der Waals surface area contributed by atoms with E-state index in [2.05, 4.69) is 10.3 Å². The molecule has 1 atom stereocenters. The van der Waals surface area contributed by atoms with Crippen LogP contribution in [0.2, 0.25) is 0 Å². The SMILES string of the molecule is COc1cc(NC(C)c2ccccn2)ccc1F. The number of nitrogens with one attached hydrogen (secondary N) is 1. The minimum atomic E-state index is -0.367. The number of aromatic nitrogens is 1. The maximum absolute atomic E-state index is 13.3. The van der Waals surface area contributed by atoms with Crippen molar-refractivity contribution < 1.29 is 9.13 Å². The highest BCUT2D eigenvalue weighted by molar-refractivity contribution is 5.50. The lowest BCUT2D eigenvalue weighted by atomic mass is 10.2. The second-order valence-electron chi connectivity index (χ2n) is 3.97. The van der Waals surface area contributed by atoms with E-state index in [4.69, 9.17) is 4.74 Å². The van der Waals surface area contributed by atoms with Gasteiger partial charge in [0.15, 0.2) is 11.6 Å². The van der Waals surface area contributed by atoms with E-state index in [0.29, 0.717) is 0 Å². The Bertz CT molecular complexity index is 516. The van der Waals surface area contributed by atoms with Gasteiger partial charge in [-0.3, -0.25) is 4.98 Å². The number of methoxy groups -OCH3 is 1. The van der Waals surface area contributed by atoms with Crippen molar-refractivity contribution in [3.8, 4) is 5.75 Å². The normalized spacial score (nSPS) is 11.9. The summed E-state index contributed by atoms with van der Waals surface area (Å²) >= 11 is 0. The molecule has 2 aromatic rings. The number of anilines is 1. The van der Waals surface area contributed by atoms with Crippen molar-refractivity contribution in [1.82, 2.24) is 4.98 Å². The Balaban J connectivity index is 2.14. The van der Waals surface area contributed by atoms with Gasteiger partial charge in [0.25, 0.3) is 0 Å². The van der Waals surface area contributed by atoms with Crippen molar-refractivity contribution in [2.45, 2.75) is 13.0 Å². The van der Waals surface area contributed by atoms with Gasteiger partial charge in [-0.05, 0) is 31.2 Å². The molecule has 94 valence electrons. The van der Waals surface area contributed by atoms with Crippen molar-refractivity contribution in [3.63, 3.8) is 0 Å². The Morgan fingerprint density at radius 2 is 2.11 bits per heavy atom. The molecular weight excluding hydrogens is 231 g/mol. The molecule has 0 radical (unpaired) electrons. The number of hydrogen-bond donors (Lipinski definition) is 1. The van der Waals surface area contributed by atoms with E-state index in [1.54, 1.807) is 18.3 Å². The maximum atomic E-state index is 13.3. The molecule has 0 aliphatic heterocycles. The molecule has 2 rings (SSSR count). The van der Waals surface area contributed by atoms with E-state index in [1.165, 1.54) is 13.2 Å². The summed E-state index contributed by atoms with van der Waals surface area (Å²) < 4.78 is 18.2. The molecule has 1 unspecified atom stereocenters. The van der Waals surface area contributed by atoms with Gasteiger partial charge in [0.1, 0.15) is 0 Å². The Kier molecular flexibility index (Phi) is 3.77. The van der Waals surface area contributed by atoms with Crippen LogP contribution in [0.4, 0.5) is 10.1 Å². The summed E-state index contributed by atoms with van der Waals surface area (Å²) in [6.45, 7) is 2.00. The van der Waals surface area contributed by atoms with Crippen LogP contribution < -0.4 is 10.1 Å². The molecular formula is C14H15FN2O. The minimum Gasteiger partial charge on any atom is -0.494 e. The Hall–Kier alpha value is -2.10. The van der Waals surface area contributed by atoms with Gasteiger partial charge in [-0.1, -0.05) is 6.07 Å². The average molecular weight is 246 g/mol. The highest BCUT2D eigenvalue weighted by Gasteiger charge is 2.08. The number of pyridine rings is 1. The molecule has 0 aliphatic carbocycles. The van der Waals surface area contributed by atoms with Gasteiger partial charge >= 0.3 is 0 Å². The summed E-state index contributed by atoms with van der Waals surface area (Å²) in [5, 5.41) is 3.25. The van der Waals surface area contributed by atoms with Crippen LogP contribution >= 0.6 is 0 Å². The molecule has 1 aromatic heterocycles. The largest absolute Gasteiger partial charge is 0.494 e. The first kappa shape index (κ1) is 12.4. The quantitative estimate of drug-likeness (QED) is 0.897. The summed E-state index contributed by atoms with van der Waals surface area (Å²) in [4.78, 5) is 4.27. The zero-order valence-corrected chi connectivity index (χ0v) is 10.4.